The van der Waals surface area contributed by atoms with Crippen LogP contribution in [0.3, 0.4) is 0 Å². The minimum absolute atomic E-state index is 0.223. The Hall–Kier alpha value is -4.06. The second-order valence-electron chi connectivity index (χ2n) is 8.05. The molecule has 1 heterocycles. The van der Waals surface area contributed by atoms with Crippen LogP contribution in [-0.4, -0.2) is 26.0 Å². The number of nitrogens with zero attached hydrogens (tertiary/aromatic N) is 1. The molecule has 4 rings (SSSR count). The van der Waals surface area contributed by atoms with E-state index in [1.54, 1.807) is 38.5 Å². The summed E-state index contributed by atoms with van der Waals surface area (Å²) in [5, 5.41) is 3.18. The summed E-state index contributed by atoms with van der Waals surface area (Å²) in [5.74, 6) is 0.321. The molecule has 0 atom stereocenters. The van der Waals surface area contributed by atoms with E-state index in [0.717, 1.165) is 22.3 Å². The van der Waals surface area contributed by atoms with Crippen molar-refractivity contribution in [1.82, 2.24) is 0 Å². The number of benzene rings is 3. The molecule has 0 radical (unpaired) electrons. The van der Waals surface area contributed by atoms with Gasteiger partial charge in [-0.25, -0.2) is 4.90 Å². The van der Waals surface area contributed by atoms with Gasteiger partial charge in [-0.05, 0) is 61.7 Å². The number of hydrogen-bond acceptors (Lipinski definition) is 5. The zero-order valence-corrected chi connectivity index (χ0v) is 19.4. The van der Waals surface area contributed by atoms with Crippen LogP contribution in [0.2, 0.25) is 0 Å². The molecule has 3 aromatic rings. The number of rotatable bonds is 6. The third-order valence-electron chi connectivity index (χ3n) is 5.65. The first-order chi connectivity index (χ1) is 15.8. The Morgan fingerprint density at radius 1 is 0.758 bits per heavy atom. The summed E-state index contributed by atoms with van der Waals surface area (Å²) in [4.78, 5) is 28.5. The molecule has 2 amide bonds. The minimum Gasteiger partial charge on any atom is -0.493 e. The van der Waals surface area contributed by atoms with E-state index in [-0.39, 0.29) is 11.6 Å². The fourth-order valence-electron chi connectivity index (χ4n) is 4.05. The molecular weight excluding hydrogens is 416 g/mol. The standard InChI is InChI=1S/C27H26N2O4/c1-16-7-6-8-20(14-16)29-26(30)24(21-11-9-17(2)13-18(21)3)25(27(29)31)28-19-10-12-22(32-4)23(15-19)33-5/h6-15,28H,1-5H3. The molecule has 0 aliphatic carbocycles. The molecule has 1 aliphatic heterocycles. The highest BCUT2D eigenvalue weighted by atomic mass is 16.5. The van der Waals surface area contributed by atoms with Gasteiger partial charge in [0.25, 0.3) is 11.8 Å². The van der Waals surface area contributed by atoms with E-state index in [2.05, 4.69) is 5.32 Å². The molecule has 1 N–H and O–H groups in total. The first-order valence-corrected chi connectivity index (χ1v) is 10.6. The van der Waals surface area contributed by atoms with E-state index in [4.69, 9.17) is 9.47 Å². The molecule has 0 aromatic heterocycles. The minimum atomic E-state index is -0.407. The molecule has 0 bridgehead atoms. The fraction of sp³-hybridized carbons (Fsp3) is 0.185. The molecule has 0 fully saturated rings. The average Bonchev–Trinajstić information content (AvgIpc) is 3.03. The predicted octanol–water partition coefficient (Wildman–Crippen LogP) is 5.03. The Kier molecular flexibility index (Phi) is 5.92. The van der Waals surface area contributed by atoms with Gasteiger partial charge in [0.15, 0.2) is 11.5 Å². The number of carbonyl (C=O) groups is 2. The average molecular weight is 443 g/mol. The zero-order valence-electron chi connectivity index (χ0n) is 19.4. The molecule has 0 spiro atoms. The van der Waals surface area contributed by atoms with E-state index < -0.39 is 5.91 Å². The topological polar surface area (TPSA) is 67.9 Å². The van der Waals surface area contributed by atoms with E-state index in [1.807, 2.05) is 57.2 Å². The highest BCUT2D eigenvalue weighted by molar-refractivity contribution is 6.46. The summed E-state index contributed by atoms with van der Waals surface area (Å²) in [6.45, 7) is 5.86. The lowest BCUT2D eigenvalue weighted by Gasteiger charge is -2.16. The van der Waals surface area contributed by atoms with Crippen LogP contribution >= 0.6 is 0 Å². The third kappa shape index (κ3) is 4.07. The van der Waals surface area contributed by atoms with Gasteiger partial charge < -0.3 is 14.8 Å². The van der Waals surface area contributed by atoms with Crippen molar-refractivity contribution in [3.05, 3.63) is 88.6 Å². The van der Waals surface area contributed by atoms with E-state index in [1.165, 1.54) is 4.90 Å². The summed E-state index contributed by atoms with van der Waals surface area (Å²) in [6.07, 6.45) is 0. The second-order valence-corrected chi connectivity index (χ2v) is 8.05. The van der Waals surface area contributed by atoms with Crippen molar-refractivity contribution in [2.24, 2.45) is 0 Å². The Labute approximate surface area is 193 Å². The van der Waals surface area contributed by atoms with Gasteiger partial charge in [0, 0.05) is 11.8 Å². The van der Waals surface area contributed by atoms with Crippen LogP contribution in [0, 0.1) is 20.8 Å². The molecule has 168 valence electrons. The van der Waals surface area contributed by atoms with Crippen molar-refractivity contribution in [2.45, 2.75) is 20.8 Å². The maximum absolute atomic E-state index is 13.7. The lowest BCUT2D eigenvalue weighted by molar-refractivity contribution is -0.120. The first-order valence-electron chi connectivity index (χ1n) is 10.6. The number of carbonyl (C=O) groups excluding carboxylic acids is 2. The molecule has 0 unspecified atom stereocenters. The predicted molar refractivity (Wildman–Crippen MR) is 130 cm³/mol. The third-order valence-corrected chi connectivity index (χ3v) is 5.65. The highest BCUT2D eigenvalue weighted by Crippen LogP contribution is 2.37. The molecule has 3 aromatic carbocycles. The Morgan fingerprint density at radius 3 is 2.15 bits per heavy atom. The lowest BCUT2D eigenvalue weighted by atomic mass is 9.97. The number of nitrogens with one attached hydrogen (secondary N) is 1. The zero-order chi connectivity index (χ0) is 23.7. The van der Waals surface area contributed by atoms with Crippen LogP contribution < -0.4 is 19.7 Å². The molecule has 6 nitrogen and oxygen atoms in total. The SMILES string of the molecule is COc1ccc(NC2=C(c3ccc(C)cc3C)C(=O)N(c3cccc(C)c3)C2=O)cc1OC. The van der Waals surface area contributed by atoms with Gasteiger partial charge in [0.1, 0.15) is 5.70 Å². The molecule has 0 saturated carbocycles. The van der Waals surface area contributed by atoms with Crippen molar-refractivity contribution in [2.75, 3.05) is 24.4 Å². The van der Waals surface area contributed by atoms with Gasteiger partial charge in [-0.1, -0.05) is 35.9 Å². The van der Waals surface area contributed by atoms with Crippen molar-refractivity contribution >= 4 is 28.8 Å². The number of amides is 2. The van der Waals surface area contributed by atoms with Crippen LogP contribution in [0.1, 0.15) is 22.3 Å². The van der Waals surface area contributed by atoms with E-state index in [9.17, 15) is 9.59 Å². The number of hydrogen-bond donors (Lipinski definition) is 1. The molecule has 0 saturated heterocycles. The molecule has 1 aliphatic rings. The monoisotopic (exact) mass is 442 g/mol. The summed E-state index contributed by atoms with van der Waals surface area (Å²) >= 11 is 0. The Bertz CT molecular complexity index is 1290. The molecular formula is C27H26N2O4. The number of aryl methyl sites for hydroxylation is 3. The molecule has 33 heavy (non-hydrogen) atoms. The van der Waals surface area contributed by atoms with E-state index in [0.29, 0.717) is 28.4 Å². The van der Waals surface area contributed by atoms with Crippen LogP contribution in [-0.2, 0) is 9.59 Å². The number of anilines is 2. The van der Waals surface area contributed by atoms with Crippen LogP contribution in [0.4, 0.5) is 11.4 Å². The van der Waals surface area contributed by atoms with Crippen molar-refractivity contribution in [3.63, 3.8) is 0 Å². The molecule has 6 heteroatoms. The number of imide groups is 1. The van der Waals surface area contributed by atoms with Gasteiger partial charge in [-0.3, -0.25) is 9.59 Å². The first kappa shape index (κ1) is 22.1. The van der Waals surface area contributed by atoms with Gasteiger partial charge in [0.2, 0.25) is 0 Å². The number of methoxy groups -OCH3 is 2. The van der Waals surface area contributed by atoms with Gasteiger partial charge in [0.05, 0.1) is 25.5 Å². The quantitative estimate of drug-likeness (QED) is 0.543. The van der Waals surface area contributed by atoms with Crippen LogP contribution in [0.25, 0.3) is 5.57 Å². The van der Waals surface area contributed by atoms with Gasteiger partial charge >= 0.3 is 0 Å². The summed E-state index contributed by atoms with van der Waals surface area (Å²) in [5.41, 5.74) is 5.39. The van der Waals surface area contributed by atoms with Crippen molar-refractivity contribution in [3.8, 4) is 11.5 Å². The largest absolute Gasteiger partial charge is 0.493 e. The van der Waals surface area contributed by atoms with E-state index >= 15 is 0 Å². The van der Waals surface area contributed by atoms with Crippen LogP contribution in [0.5, 0.6) is 11.5 Å². The van der Waals surface area contributed by atoms with Crippen molar-refractivity contribution in [1.29, 1.82) is 0 Å². The summed E-state index contributed by atoms with van der Waals surface area (Å²) in [6, 6.07) is 18.5. The number of ether oxygens (including phenoxy) is 2. The van der Waals surface area contributed by atoms with Crippen LogP contribution in [0.15, 0.2) is 66.4 Å². The normalized spacial score (nSPS) is 13.5. The Morgan fingerprint density at radius 2 is 1.48 bits per heavy atom. The highest BCUT2D eigenvalue weighted by Gasteiger charge is 2.40. The maximum atomic E-state index is 13.7. The second kappa shape index (κ2) is 8.82. The van der Waals surface area contributed by atoms with Gasteiger partial charge in [-0.2, -0.15) is 0 Å². The van der Waals surface area contributed by atoms with Crippen molar-refractivity contribution < 1.29 is 19.1 Å². The smallest absolute Gasteiger partial charge is 0.282 e. The maximum Gasteiger partial charge on any atom is 0.282 e. The Balaban J connectivity index is 1.85. The van der Waals surface area contributed by atoms with Gasteiger partial charge in [-0.15, -0.1) is 0 Å². The fourth-order valence-corrected chi connectivity index (χ4v) is 4.05. The summed E-state index contributed by atoms with van der Waals surface area (Å²) in [7, 11) is 3.11. The lowest BCUT2D eigenvalue weighted by Crippen LogP contribution is -2.32. The summed E-state index contributed by atoms with van der Waals surface area (Å²) < 4.78 is 10.7.